The molecule has 2 aliphatic heterocycles. The van der Waals surface area contributed by atoms with Crippen molar-refractivity contribution in [3.05, 3.63) is 29.3 Å². The minimum atomic E-state index is -3.23. The van der Waals surface area contributed by atoms with E-state index in [0.717, 1.165) is 37.8 Å². The van der Waals surface area contributed by atoms with Gasteiger partial charge < -0.3 is 10.1 Å². The van der Waals surface area contributed by atoms with Gasteiger partial charge in [-0.15, -0.1) is 0 Å². The molecule has 0 radical (unpaired) electrons. The van der Waals surface area contributed by atoms with Crippen LogP contribution in [0.4, 0.5) is 5.69 Å². The molecule has 0 aromatic heterocycles. The van der Waals surface area contributed by atoms with E-state index in [4.69, 9.17) is 4.74 Å². The van der Waals surface area contributed by atoms with E-state index < -0.39 is 10.0 Å². The molecule has 0 unspecified atom stereocenters. The van der Waals surface area contributed by atoms with Gasteiger partial charge in [0.1, 0.15) is 0 Å². The largest absolute Gasteiger partial charge is 0.365 e. The Balaban J connectivity index is 1.92. The monoisotopic (exact) mass is 282 g/mol. The highest BCUT2D eigenvalue weighted by Crippen LogP contribution is 2.43. The highest BCUT2D eigenvalue weighted by Gasteiger charge is 2.40. The molecule has 3 rings (SSSR count). The van der Waals surface area contributed by atoms with E-state index in [1.165, 1.54) is 5.56 Å². The van der Waals surface area contributed by atoms with Crippen LogP contribution in [0.15, 0.2) is 18.2 Å². The summed E-state index contributed by atoms with van der Waals surface area (Å²) in [6, 6.07) is 5.70. The van der Waals surface area contributed by atoms with Gasteiger partial charge in [-0.1, -0.05) is 6.07 Å². The average molecular weight is 282 g/mol. The number of nitrogens with one attached hydrogen (secondary N) is 2. The number of hydrogen-bond donors (Lipinski definition) is 2. The van der Waals surface area contributed by atoms with E-state index in [0.29, 0.717) is 12.3 Å². The lowest BCUT2D eigenvalue weighted by Gasteiger charge is -2.34. The fraction of sp³-hybridized carbons (Fsp3) is 0.538. The summed E-state index contributed by atoms with van der Waals surface area (Å²) in [4.78, 5) is 0. The van der Waals surface area contributed by atoms with Crippen molar-refractivity contribution in [3.63, 3.8) is 0 Å². The van der Waals surface area contributed by atoms with Crippen LogP contribution in [-0.2, 0) is 27.0 Å². The summed E-state index contributed by atoms with van der Waals surface area (Å²) in [5.74, 6) is 0. The maximum atomic E-state index is 11.2. The Labute approximate surface area is 113 Å². The SMILES string of the molecule is CS(=O)(=O)Nc1ccc2c(c1)COC21CCNCC1. The summed E-state index contributed by atoms with van der Waals surface area (Å²) < 4.78 is 31.0. The summed E-state index contributed by atoms with van der Waals surface area (Å²) in [6.07, 6.45) is 3.10. The Morgan fingerprint density at radius 1 is 1.32 bits per heavy atom. The second-order valence-corrected chi connectivity index (χ2v) is 7.03. The molecular formula is C13H18N2O3S. The molecule has 0 aliphatic carbocycles. The number of rotatable bonds is 2. The molecule has 2 aliphatic rings. The van der Waals surface area contributed by atoms with Crippen molar-refractivity contribution in [2.45, 2.75) is 25.0 Å². The molecule has 104 valence electrons. The van der Waals surface area contributed by atoms with Crippen LogP contribution in [0.2, 0.25) is 0 Å². The van der Waals surface area contributed by atoms with Gasteiger partial charge in [0.25, 0.3) is 0 Å². The molecule has 0 atom stereocenters. The molecule has 0 bridgehead atoms. The quantitative estimate of drug-likeness (QED) is 0.854. The van der Waals surface area contributed by atoms with Gasteiger partial charge in [-0.3, -0.25) is 4.72 Å². The molecule has 1 fully saturated rings. The number of sulfonamides is 1. The van der Waals surface area contributed by atoms with Gasteiger partial charge in [0.05, 0.1) is 18.5 Å². The predicted molar refractivity (Wildman–Crippen MR) is 73.5 cm³/mol. The first-order valence-corrected chi connectivity index (χ1v) is 8.34. The lowest BCUT2D eigenvalue weighted by Crippen LogP contribution is -2.39. The molecular weight excluding hydrogens is 264 g/mol. The molecule has 0 amide bonds. The average Bonchev–Trinajstić information content (AvgIpc) is 2.67. The fourth-order valence-electron chi connectivity index (χ4n) is 2.97. The Hall–Kier alpha value is -1.11. The minimum absolute atomic E-state index is 0.162. The summed E-state index contributed by atoms with van der Waals surface area (Å²) in [7, 11) is -3.23. The van der Waals surface area contributed by atoms with Crippen LogP contribution in [0.25, 0.3) is 0 Å². The van der Waals surface area contributed by atoms with Gasteiger partial charge in [-0.2, -0.15) is 0 Å². The number of anilines is 1. The first-order valence-electron chi connectivity index (χ1n) is 6.44. The maximum Gasteiger partial charge on any atom is 0.229 e. The van der Waals surface area contributed by atoms with Crippen molar-refractivity contribution >= 4 is 15.7 Å². The molecule has 1 spiro atoms. The number of piperidine rings is 1. The Morgan fingerprint density at radius 3 is 2.74 bits per heavy atom. The van der Waals surface area contributed by atoms with Crippen LogP contribution >= 0.6 is 0 Å². The summed E-state index contributed by atoms with van der Waals surface area (Å²) in [5, 5.41) is 3.34. The van der Waals surface area contributed by atoms with Crippen molar-refractivity contribution in [3.8, 4) is 0 Å². The van der Waals surface area contributed by atoms with Crippen molar-refractivity contribution in [2.75, 3.05) is 24.1 Å². The Kier molecular flexibility index (Phi) is 3.03. The zero-order chi connectivity index (χ0) is 13.5. The number of hydrogen-bond acceptors (Lipinski definition) is 4. The fourth-order valence-corrected chi connectivity index (χ4v) is 3.53. The second kappa shape index (κ2) is 4.47. The molecule has 1 saturated heterocycles. The molecule has 5 nitrogen and oxygen atoms in total. The molecule has 0 saturated carbocycles. The number of ether oxygens (including phenoxy) is 1. The van der Waals surface area contributed by atoms with Gasteiger partial charge in [-0.25, -0.2) is 8.42 Å². The van der Waals surface area contributed by atoms with Crippen molar-refractivity contribution in [1.29, 1.82) is 0 Å². The first kappa shape index (κ1) is 12.9. The molecule has 1 aromatic rings. The van der Waals surface area contributed by atoms with Crippen LogP contribution in [0.1, 0.15) is 24.0 Å². The summed E-state index contributed by atoms with van der Waals surface area (Å²) >= 11 is 0. The third-order valence-electron chi connectivity index (χ3n) is 3.81. The van der Waals surface area contributed by atoms with E-state index >= 15 is 0 Å². The van der Waals surface area contributed by atoms with Crippen LogP contribution in [0, 0.1) is 0 Å². The van der Waals surface area contributed by atoms with E-state index in [9.17, 15) is 8.42 Å². The van der Waals surface area contributed by atoms with Crippen LogP contribution < -0.4 is 10.0 Å². The molecule has 2 heterocycles. The van der Waals surface area contributed by atoms with Crippen molar-refractivity contribution in [1.82, 2.24) is 5.32 Å². The zero-order valence-corrected chi connectivity index (χ0v) is 11.7. The lowest BCUT2D eigenvalue weighted by atomic mass is 9.84. The second-order valence-electron chi connectivity index (χ2n) is 5.28. The molecule has 19 heavy (non-hydrogen) atoms. The summed E-state index contributed by atoms with van der Waals surface area (Å²) in [6.45, 7) is 2.49. The predicted octanol–water partition coefficient (Wildman–Crippen LogP) is 1.17. The third kappa shape index (κ3) is 2.48. The van der Waals surface area contributed by atoms with Gasteiger partial charge in [0.2, 0.25) is 10.0 Å². The lowest BCUT2D eigenvalue weighted by molar-refractivity contribution is -0.0590. The number of benzene rings is 1. The highest BCUT2D eigenvalue weighted by molar-refractivity contribution is 7.92. The number of fused-ring (bicyclic) bond motifs is 2. The highest BCUT2D eigenvalue weighted by atomic mass is 32.2. The van der Waals surface area contributed by atoms with Crippen molar-refractivity contribution < 1.29 is 13.2 Å². The molecule has 6 heteroatoms. The topological polar surface area (TPSA) is 67.4 Å². The Bertz CT molecular complexity index is 592. The van der Waals surface area contributed by atoms with E-state index in [1.807, 2.05) is 18.2 Å². The van der Waals surface area contributed by atoms with Gasteiger partial charge in [-0.05, 0) is 49.2 Å². The first-order chi connectivity index (χ1) is 8.99. The zero-order valence-electron chi connectivity index (χ0n) is 10.9. The van der Waals surface area contributed by atoms with E-state index in [-0.39, 0.29) is 5.60 Å². The van der Waals surface area contributed by atoms with Crippen LogP contribution in [0.3, 0.4) is 0 Å². The van der Waals surface area contributed by atoms with Gasteiger partial charge in [0.15, 0.2) is 0 Å². The minimum Gasteiger partial charge on any atom is -0.365 e. The summed E-state index contributed by atoms with van der Waals surface area (Å²) in [5.41, 5.74) is 2.75. The Morgan fingerprint density at radius 2 is 2.05 bits per heavy atom. The molecule has 1 aromatic carbocycles. The van der Waals surface area contributed by atoms with E-state index in [2.05, 4.69) is 10.0 Å². The van der Waals surface area contributed by atoms with E-state index in [1.54, 1.807) is 0 Å². The smallest absolute Gasteiger partial charge is 0.229 e. The third-order valence-corrected chi connectivity index (χ3v) is 4.42. The normalized spacial score (nSPS) is 21.3. The molecule has 2 N–H and O–H groups in total. The maximum absolute atomic E-state index is 11.2. The van der Waals surface area contributed by atoms with Gasteiger partial charge in [0, 0.05) is 5.69 Å². The van der Waals surface area contributed by atoms with Gasteiger partial charge >= 0.3 is 0 Å². The van der Waals surface area contributed by atoms with Crippen molar-refractivity contribution in [2.24, 2.45) is 0 Å². The van der Waals surface area contributed by atoms with Crippen LogP contribution in [0.5, 0.6) is 0 Å². The standard InChI is InChI=1S/C13H18N2O3S/c1-19(16,17)15-11-2-3-12-10(8-11)9-18-13(12)4-6-14-7-5-13/h2-3,8,14-15H,4-7,9H2,1H3. The van der Waals surface area contributed by atoms with Crippen LogP contribution in [-0.4, -0.2) is 27.8 Å².